The molecule has 5 rings (SSSR count). The molecular formula is C30H37N5O4. The van der Waals surface area contributed by atoms with Crippen LogP contribution in [0.1, 0.15) is 23.4 Å². The van der Waals surface area contributed by atoms with Crippen molar-refractivity contribution in [3.63, 3.8) is 0 Å². The molecule has 3 aromatic rings. The van der Waals surface area contributed by atoms with Crippen molar-refractivity contribution in [3.05, 3.63) is 78.8 Å². The van der Waals surface area contributed by atoms with E-state index in [2.05, 4.69) is 20.4 Å². The van der Waals surface area contributed by atoms with E-state index < -0.39 is 6.10 Å². The van der Waals surface area contributed by atoms with Gasteiger partial charge in [0.05, 0.1) is 18.1 Å². The molecule has 2 aliphatic rings. The monoisotopic (exact) mass is 531 g/mol. The molecule has 9 heteroatoms. The van der Waals surface area contributed by atoms with E-state index >= 15 is 0 Å². The molecule has 3 amide bonds. The number of urea groups is 1. The molecule has 1 unspecified atom stereocenters. The first-order chi connectivity index (χ1) is 19.0. The molecule has 2 saturated heterocycles. The Morgan fingerprint density at radius 2 is 1.51 bits per heavy atom. The molecule has 0 spiro atoms. The lowest BCUT2D eigenvalue weighted by Gasteiger charge is -2.37. The lowest BCUT2D eigenvalue weighted by atomic mass is 10.0. The Morgan fingerprint density at radius 1 is 0.846 bits per heavy atom. The Hall–Kier alpha value is -3.66. The number of carbonyl (C=O) groups is 2. The summed E-state index contributed by atoms with van der Waals surface area (Å²) >= 11 is 0. The molecule has 9 nitrogen and oxygen atoms in total. The average molecular weight is 532 g/mol. The summed E-state index contributed by atoms with van der Waals surface area (Å²) in [6, 6.07) is 21.2. The lowest BCUT2D eigenvalue weighted by molar-refractivity contribution is 0.0381. The number of amides is 3. The quantitative estimate of drug-likeness (QED) is 0.412. The van der Waals surface area contributed by atoms with E-state index in [1.165, 1.54) is 6.26 Å². The molecule has 2 aromatic carbocycles. The normalized spacial score (nSPS) is 18.0. The number of benzene rings is 2. The molecular weight excluding hydrogens is 494 g/mol. The first-order valence-corrected chi connectivity index (χ1v) is 13.7. The van der Waals surface area contributed by atoms with E-state index in [4.69, 9.17) is 4.42 Å². The summed E-state index contributed by atoms with van der Waals surface area (Å²) in [4.78, 5) is 31.5. The summed E-state index contributed by atoms with van der Waals surface area (Å²) in [5.74, 6) is 0.293. The SMILES string of the molecule is O=C(Nc1ccccc1-c1ccccc1)NC1CCN(CC(O)CN2CCN(C(=O)c3ccco3)CC2)CC1. The highest BCUT2D eigenvalue weighted by Gasteiger charge is 2.27. The lowest BCUT2D eigenvalue weighted by Crippen LogP contribution is -2.52. The molecule has 2 aliphatic heterocycles. The molecule has 2 fully saturated rings. The third-order valence-corrected chi connectivity index (χ3v) is 7.51. The molecule has 3 heterocycles. The van der Waals surface area contributed by atoms with Crippen LogP contribution in [0.5, 0.6) is 0 Å². The number of hydrogen-bond acceptors (Lipinski definition) is 6. The highest BCUT2D eigenvalue weighted by Crippen LogP contribution is 2.27. The van der Waals surface area contributed by atoms with Gasteiger partial charge in [0.2, 0.25) is 0 Å². The van der Waals surface area contributed by atoms with Gasteiger partial charge in [-0.25, -0.2) is 4.79 Å². The molecule has 0 aliphatic carbocycles. The molecule has 0 bridgehead atoms. The van der Waals surface area contributed by atoms with Crippen LogP contribution in [0.2, 0.25) is 0 Å². The topological polar surface area (TPSA) is 101 Å². The van der Waals surface area contributed by atoms with Crippen LogP contribution < -0.4 is 10.6 Å². The number of aliphatic hydroxyl groups is 1. The Labute approximate surface area is 229 Å². The largest absolute Gasteiger partial charge is 0.459 e. The average Bonchev–Trinajstić information content (AvgIpc) is 3.50. The number of hydrogen-bond donors (Lipinski definition) is 3. The predicted molar refractivity (Wildman–Crippen MR) is 151 cm³/mol. The van der Waals surface area contributed by atoms with Crippen LogP contribution >= 0.6 is 0 Å². The summed E-state index contributed by atoms with van der Waals surface area (Å²) in [6.45, 7) is 5.57. The van der Waals surface area contributed by atoms with Gasteiger partial charge in [-0.2, -0.15) is 0 Å². The minimum absolute atomic E-state index is 0.0780. The zero-order chi connectivity index (χ0) is 27.0. The van der Waals surface area contributed by atoms with Gasteiger partial charge in [-0.05, 0) is 36.6 Å². The molecule has 0 radical (unpaired) electrons. The second kappa shape index (κ2) is 12.9. The number of para-hydroxylation sites is 1. The maximum Gasteiger partial charge on any atom is 0.319 e. The third kappa shape index (κ3) is 7.26. The summed E-state index contributed by atoms with van der Waals surface area (Å²) in [7, 11) is 0. The van der Waals surface area contributed by atoms with Crippen molar-refractivity contribution in [2.45, 2.75) is 25.0 Å². The van der Waals surface area contributed by atoms with E-state index in [1.54, 1.807) is 17.0 Å². The van der Waals surface area contributed by atoms with Crippen LogP contribution in [0.4, 0.5) is 10.5 Å². The molecule has 39 heavy (non-hydrogen) atoms. The molecule has 1 aromatic heterocycles. The van der Waals surface area contributed by atoms with Gasteiger partial charge in [-0.1, -0.05) is 48.5 Å². The highest BCUT2D eigenvalue weighted by atomic mass is 16.3. The number of rotatable bonds is 8. The fraction of sp³-hybridized carbons (Fsp3) is 0.400. The van der Waals surface area contributed by atoms with Crippen LogP contribution in [0.15, 0.2) is 77.4 Å². The minimum Gasteiger partial charge on any atom is -0.459 e. The van der Waals surface area contributed by atoms with Crippen molar-refractivity contribution in [2.24, 2.45) is 0 Å². The number of likely N-dealkylation sites (tertiary alicyclic amines) is 1. The highest BCUT2D eigenvalue weighted by molar-refractivity contribution is 5.94. The first kappa shape index (κ1) is 26.9. The number of β-amino-alcohol motifs (C(OH)–C–C–N with tert-alkyl or cyclic N) is 1. The Morgan fingerprint density at radius 3 is 2.21 bits per heavy atom. The zero-order valence-corrected chi connectivity index (χ0v) is 22.2. The van der Waals surface area contributed by atoms with Gasteiger partial charge in [-0.3, -0.25) is 9.69 Å². The van der Waals surface area contributed by atoms with Gasteiger partial charge in [-0.15, -0.1) is 0 Å². The van der Waals surface area contributed by atoms with E-state index in [0.717, 1.165) is 55.8 Å². The van der Waals surface area contributed by atoms with Crippen molar-refractivity contribution < 1.29 is 19.1 Å². The third-order valence-electron chi connectivity index (χ3n) is 7.51. The summed E-state index contributed by atoms with van der Waals surface area (Å²) in [5, 5.41) is 16.9. The van der Waals surface area contributed by atoms with Crippen molar-refractivity contribution in [1.29, 1.82) is 0 Å². The van der Waals surface area contributed by atoms with Gasteiger partial charge >= 0.3 is 6.03 Å². The Kier molecular flexibility index (Phi) is 8.93. The van der Waals surface area contributed by atoms with Crippen LogP contribution in [-0.4, -0.2) is 96.2 Å². The van der Waals surface area contributed by atoms with Crippen molar-refractivity contribution in [2.75, 3.05) is 57.7 Å². The van der Waals surface area contributed by atoms with Crippen LogP contribution in [0.3, 0.4) is 0 Å². The fourth-order valence-electron chi connectivity index (χ4n) is 5.41. The van der Waals surface area contributed by atoms with Crippen molar-refractivity contribution in [1.82, 2.24) is 20.0 Å². The zero-order valence-electron chi connectivity index (χ0n) is 22.2. The van der Waals surface area contributed by atoms with Crippen molar-refractivity contribution in [3.8, 4) is 11.1 Å². The Balaban J connectivity index is 1.01. The minimum atomic E-state index is -0.459. The number of aliphatic hydroxyl groups excluding tert-OH is 1. The van der Waals surface area contributed by atoms with E-state index in [1.807, 2.05) is 54.6 Å². The molecule has 1 atom stereocenters. The van der Waals surface area contributed by atoms with Crippen LogP contribution in [0, 0.1) is 0 Å². The number of carbonyl (C=O) groups excluding carboxylic acids is 2. The second-order valence-electron chi connectivity index (χ2n) is 10.3. The van der Waals surface area contributed by atoms with Gasteiger partial charge < -0.3 is 30.0 Å². The second-order valence-corrected chi connectivity index (χ2v) is 10.3. The number of piperidine rings is 1. The standard InChI is InChI=1S/C30H37N5O4/c36-25(22-34-16-18-35(19-17-34)29(37)28-11-6-20-39-28)21-33-14-12-24(13-15-33)31-30(38)32-27-10-5-4-9-26(27)23-7-2-1-3-8-23/h1-11,20,24-25,36H,12-19,21-22H2,(H2,31,32,38). The van der Waals surface area contributed by atoms with Crippen LogP contribution in [-0.2, 0) is 0 Å². The van der Waals surface area contributed by atoms with Gasteiger partial charge in [0.1, 0.15) is 0 Å². The molecule has 206 valence electrons. The van der Waals surface area contributed by atoms with E-state index in [-0.39, 0.29) is 18.0 Å². The smallest absolute Gasteiger partial charge is 0.319 e. The van der Waals surface area contributed by atoms with Gasteiger partial charge in [0.25, 0.3) is 5.91 Å². The number of furan rings is 1. The van der Waals surface area contributed by atoms with Crippen LogP contribution in [0.25, 0.3) is 11.1 Å². The fourth-order valence-corrected chi connectivity index (χ4v) is 5.41. The first-order valence-electron chi connectivity index (χ1n) is 13.7. The summed E-state index contributed by atoms with van der Waals surface area (Å²) in [6.07, 6.45) is 2.74. The number of nitrogens with zero attached hydrogens (tertiary/aromatic N) is 3. The predicted octanol–water partition coefficient (Wildman–Crippen LogP) is 3.35. The molecule has 3 N–H and O–H groups in total. The summed E-state index contributed by atoms with van der Waals surface area (Å²) in [5.41, 5.74) is 2.83. The number of anilines is 1. The number of piperazine rings is 1. The van der Waals surface area contributed by atoms with E-state index in [9.17, 15) is 14.7 Å². The Bertz CT molecular complexity index is 1200. The maximum atomic E-state index is 12.8. The van der Waals surface area contributed by atoms with Crippen molar-refractivity contribution >= 4 is 17.6 Å². The summed E-state index contributed by atoms with van der Waals surface area (Å²) < 4.78 is 5.22. The van der Waals surface area contributed by atoms with Gasteiger partial charge in [0, 0.05) is 64.0 Å². The number of nitrogens with one attached hydrogen (secondary N) is 2. The van der Waals surface area contributed by atoms with Gasteiger partial charge in [0.15, 0.2) is 5.76 Å². The molecule has 0 saturated carbocycles. The van der Waals surface area contributed by atoms with E-state index in [0.29, 0.717) is 31.9 Å². The maximum absolute atomic E-state index is 12.8.